The number of rotatable bonds is 3. The summed E-state index contributed by atoms with van der Waals surface area (Å²) in [4.78, 5) is 18.7. The van der Waals surface area contributed by atoms with E-state index in [1.54, 1.807) is 0 Å². The normalized spacial score (nSPS) is 25.1. The van der Waals surface area contributed by atoms with Crippen LogP contribution in [0.15, 0.2) is 24.5 Å². The van der Waals surface area contributed by atoms with Gasteiger partial charge < -0.3 is 19.9 Å². The van der Waals surface area contributed by atoms with Gasteiger partial charge in [-0.3, -0.25) is 5.10 Å². The molecule has 2 N–H and O–H groups in total. The average molecular weight is 409 g/mol. The molecule has 3 aromatic rings. The monoisotopic (exact) mass is 408 g/mol. The summed E-state index contributed by atoms with van der Waals surface area (Å²) >= 11 is 0. The largest absolute Gasteiger partial charge is 0.377 e. The number of hydrogen-bond donors (Lipinski definition) is 2. The molecule has 3 aromatic heterocycles. The van der Waals surface area contributed by atoms with Gasteiger partial charge in [0.25, 0.3) is 0 Å². The van der Waals surface area contributed by atoms with Gasteiger partial charge in [-0.2, -0.15) is 5.10 Å². The second-order valence-electron chi connectivity index (χ2n) is 8.35. The fourth-order valence-corrected chi connectivity index (χ4v) is 4.38. The van der Waals surface area contributed by atoms with Crippen molar-refractivity contribution in [2.45, 2.75) is 38.9 Å². The zero-order chi connectivity index (χ0) is 20.7. The number of morpholine rings is 1. The van der Waals surface area contributed by atoms with Crippen LogP contribution in [0, 0.1) is 0 Å². The van der Waals surface area contributed by atoms with Crippen LogP contribution in [0.25, 0.3) is 22.3 Å². The van der Waals surface area contributed by atoms with E-state index in [0.717, 1.165) is 47.7 Å². The van der Waals surface area contributed by atoms with Crippen molar-refractivity contribution in [2.24, 2.45) is 0 Å². The molecule has 0 amide bonds. The van der Waals surface area contributed by atoms with Gasteiger partial charge in [-0.05, 0) is 32.9 Å². The highest BCUT2D eigenvalue weighted by atomic mass is 16.5. The number of anilines is 2. The Hall–Kier alpha value is -2.78. The smallest absolute Gasteiger partial charge is 0.226 e. The zero-order valence-electron chi connectivity index (χ0n) is 17.7. The van der Waals surface area contributed by atoms with Gasteiger partial charge in [-0.25, -0.2) is 15.0 Å². The first kappa shape index (κ1) is 19.2. The zero-order valence-corrected chi connectivity index (χ0v) is 17.7. The van der Waals surface area contributed by atoms with Crippen molar-refractivity contribution in [1.29, 1.82) is 0 Å². The van der Waals surface area contributed by atoms with Crippen LogP contribution in [0.3, 0.4) is 0 Å². The minimum atomic E-state index is 0.226. The Balaban J connectivity index is 1.46. The predicted octanol–water partition coefficient (Wildman–Crippen LogP) is 1.83. The van der Waals surface area contributed by atoms with Crippen molar-refractivity contribution < 1.29 is 4.74 Å². The Morgan fingerprint density at radius 2 is 1.90 bits per heavy atom. The third-order valence-electron chi connectivity index (χ3n) is 5.90. The highest BCUT2D eigenvalue weighted by Gasteiger charge is 2.28. The molecule has 2 aliphatic heterocycles. The van der Waals surface area contributed by atoms with Crippen LogP contribution in [-0.2, 0) is 4.74 Å². The Kier molecular flexibility index (Phi) is 5.00. The molecule has 0 aromatic carbocycles. The predicted molar refractivity (Wildman–Crippen MR) is 117 cm³/mol. The third-order valence-corrected chi connectivity index (χ3v) is 5.90. The van der Waals surface area contributed by atoms with Crippen LogP contribution < -0.4 is 15.1 Å². The van der Waals surface area contributed by atoms with E-state index in [-0.39, 0.29) is 12.1 Å². The summed E-state index contributed by atoms with van der Waals surface area (Å²) in [5, 5.41) is 11.0. The van der Waals surface area contributed by atoms with Gasteiger partial charge in [0, 0.05) is 37.4 Å². The Morgan fingerprint density at radius 3 is 2.63 bits per heavy atom. The van der Waals surface area contributed by atoms with E-state index in [0.29, 0.717) is 25.2 Å². The SMILES string of the molecule is C[C@@H]1CN(c2ccc(-c3n[nH]c4cnc(N5[C@H](C)COC[C@@H]5C)nc34)cn2)CCN1. The fourth-order valence-electron chi connectivity index (χ4n) is 4.38. The number of ether oxygens (including phenoxy) is 1. The molecule has 2 saturated heterocycles. The molecule has 0 spiro atoms. The van der Waals surface area contributed by atoms with Crippen molar-refractivity contribution in [3.05, 3.63) is 24.5 Å². The van der Waals surface area contributed by atoms with Crippen LogP contribution >= 0.6 is 0 Å². The molecule has 9 heteroatoms. The molecule has 158 valence electrons. The lowest BCUT2D eigenvalue weighted by Gasteiger charge is -2.38. The Labute approximate surface area is 175 Å². The molecule has 0 aliphatic carbocycles. The van der Waals surface area contributed by atoms with E-state index in [1.165, 1.54) is 0 Å². The minimum absolute atomic E-state index is 0.226. The third kappa shape index (κ3) is 3.48. The van der Waals surface area contributed by atoms with Gasteiger partial charge in [-0.1, -0.05) is 0 Å². The summed E-state index contributed by atoms with van der Waals surface area (Å²) in [6.07, 6.45) is 3.70. The number of aromatic amines is 1. The van der Waals surface area contributed by atoms with Gasteiger partial charge in [0.1, 0.15) is 22.5 Å². The molecule has 5 heterocycles. The number of aromatic nitrogens is 5. The molecule has 2 fully saturated rings. The van der Waals surface area contributed by atoms with Crippen LogP contribution in [0.2, 0.25) is 0 Å². The maximum atomic E-state index is 5.65. The lowest BCUT2D eigenvalue weighted by atomic mass is 10.1. The molecule has 0 saturated carbocycles. The average Bonchev–Trinajstić information content (AvgIpc) is 3.17. The number of fused-ring (bicyclic) bond motifs is 1. The van der Waals surface area contributed by atoms with E-state index in [2.05, 4.69) is 63.2 Å². The van der Waals surface area contributed by atoms with E-state index >= 15 is 0 Å². The van der Waals surface area contributed by atoms with Crippen LogP contribution in [0.1, 0.15) is 20.8 Å². The lowest BCUT2D eigenvalue weighted by Crippen LogP contribution is -2.50. The van der Waals surface area contributed by atoms with Crippen LogP contribution in [0.5, 0.6) is 0 Å². The molecular weight excluding hydrogens is 380 g/mol. The fraction of sp³-hybridized carbons (Fsp3) is 0.524. The molecule has 0 bridgehead atoms. The van der Waals surface area contributed by atoms with Crippen molar-refractivity contribution >= 4 is 22.8 Å². The van der Waals surface area contributed by atoms with E-state index in [4.69, 9.17) is 14.7 Å². The van der Waals surface area contributed by atoms with Gasteiger partial charge in [0.15, 0.2) is 0 Å². The van der Waals surface area contributed by atoms with Crippen molar-refractivity contribution in [1.82, 2.24) is 30.5 Å². The van der Waals surface area contributed by atoms with Crippen molar-refractivity contribution in [2.75, 3.05) is 42.6 Å². The lowest BCUT2D eigenvalue weighted by molar-refractivity contribution is 0.0747. The first-order valence-corrected chi connectivity index (χ1v) is 10.6. The number of pyridine rings is 1. The summed E-state index contributed by atoms with van der Waals surface area (Å²) in [7, 11) is 0. The minimum Gasteiger partial charge on any atom is -0.377 e. The summed E-state index contributed by atoms with van der Waals surface area (Å²) in [5.74, 6) is 1.71. The van der Waals surface area contributed by atoms with E-state index in [1.807, 2.05) is 12.4 Å². The molecule has 3 atom stereocenters. The summed E-state index contributed by atoms with van der Waals surface area (Å²) < 4.78 is 5.65. The van der Waals surface area contributed by atoms with Crippen LogP contribution in [0.4, 0.5) is 11.8 Å². The topological polar surface area (TPSA) is 95.1 Å². The summed E-state index contributed by atoms with van der Waals surface area (Å²) in [6.45, 7) is 10.7. The van der Waals surface area contributed by atoms with Gasteiger partial charge >= 0.3 is 0 Å². The molecule has 5 rings (SSSR count). The number of H-pyrrole nitrogens is 1. The van der Waals surface area contributed by atoms with E-state index in [9.17, 15) is 0 Å². The summed E-state index contributed by atoms with van der Waals surface area (Å²) in [6, 6.07) is 5.07. The van der Waals surface area contributed by atoms with Gasteiger partial charge in [-0.15, -0.1) is 0 Å². The number of nitrogens with one attached hydrogen (secondary N) is 2. The quantitative estimate of drug-likeness (QED) is 0.678. The standard InChI is InChI=1S/C21H28N8O/c1-13-10-28(7-6-22-13)18-5-4-16(8-23-18)19-20-17(26-27-19)9-24-21(25-20)29-14(2)11-30-12-15(29)3/h4-5,8-9,13-15,22H,6-7,10-12H2,1-3H3,(H,26,27)/t13-,14-,15+/m1/s1. The van der Waals surface area contributed by atoms with Gasteiger partial charge in [0.05, 0.1) is 31.5 Å². The summed E-state index contributed by atoms with van der Waals surface area (Å²) in [5.41, 5.74) is 3.38. The molecule has 0 radical (unpaired) electrons. The maximum Gasteiger partial charge on any atom is 0.226 e. The highest BCUT2D eigenvalue weighted by molar-refractivity contribution is 5.89. The molecule has 9 nitrogen and oxygen atoms in total. The second kappa shape index (κ2) is 7.81. The van der Waals surface area contributed by atoms with Crippen molar-refractivity contribution in [3.63, 3.8) is 0 Å². The maximum absolute atomic E-state index is 5.65. The van der Waals surface area contributed by atoms with Crippen LogP contribution in [-0.4, -0.2) is 76.1 Å². The second-order valence-corrected chi connectivity index (χ2v) is 8.35. The number of nitrogens with zero attached hydrogens (tertiary/aromatic N) is 6. The highest BCUT2D eigenvalue weighted by Crippen LogP contribution is 2.28. The Bertz CT molecular complexity index is 1010. The number of hydrogen-bond acceptors (Lipinski definition) is 8. The Morgan fingerprint density at radius 1 is 1.07 bits per heavy atom. The first-order chi connectivity index (χ1) is 14.6. The molecular formula is C21H28N8O. The molecule has 2 aliphatic rings. The molecule has 0 unspecified atom stereocenters. The van der Waals surface area contributed by atoms with E-state index < -0.39 is 0 Å². The number of piperazine rings is 1. The van der Waals surface area contributed by atoms with Gasteiger partial charge in [0.2, 0.25) is 5.95 Å². The first-order valence-electron chi connectivity index (χ1n) is 10.6. The molecule has 30 heavy (non-hydrogen) atoms. The van der Waals surface area contributed by atoms with Crippen molar-refractivity contribution in [3.8, 4) is 11.3 Å².